The second-order valence-electron chi connectivity index (χ2n) is 10.5. The van der Waals surface area contributed by atoms with Crippen molar-refractivity contribution in [3.8, 4) is 0 Å². The van der Waals surface area contributed by atoms with Gasteiger partial charge in [-0.05, 0) is 93.5 Å². The molecule has 3 N–H and O–H groups in total. The number of carbonyl (C=O) groups is 2. The average Bonchev–Trinajstić information content (AvgIpc) is 3.46. The SMILES string of the molecule is C=C(C)C(F)(F)c1sc2c(c1CNC(=O)Nc1sc3c(c1C(=O)OC1CCCCC1)CCCC3)CCNC2. The number of halogens is 2. The van der Waals surface area contributed by atoms with E-state index in [4.69, 9.17) is 4.74 Å². The fourth-order valence-electron chi connectivity index (χ4n) is 5.61. The highest BCUT2D eigenvalue weighted by Crippen LogP contribution is 2.44. The van der Waals surface area contributed by atoms with Crippen LogP contribution in [-0.4, -0.2) is 24.6 Å². The van der Waals surface area contributed by atoms with Gasteiger partial charge in [-0.1, -0.05) is 13.0 Å². The number of fused-ring (bicyclic) bond motifs is 2. The van der Waals surface area contributed by atoms with Crippen molar-refractivity contribution >= 4 is 39.7 Å². The number of thiophene rings is 2. The molecule has 206 valence electrons. The smallest absolute Gasteiger partial charge is 0.341 e. The molecule has 10 heteroatoms. The lowest BCUT2D eigenvalue weighted by Gasteiger charge is -2.22. The molecule has 1 fully saturated rings. The van der Waals surface area contributed by atoms with E-state index >= 15 is 8.78 Å². The number of rotatable bonds is 7. The lowest BCUT2D eigenvalue weighted by molar-refractivity contribution is 0.0211. The van der Waals surface area contributed by atoms with Crippen molar-refractivity contribution in [1.29, 1.82) is 0 Å². The van der Waals surface area contributed by atoms with Crippen molar-refractivity contribution in [2.75, 3.05) is 11.9 Å². The van der Waals surface area contributed by atoms with Crippen LogP contribution in [0.3, 0.4) is 0 Å². The van der Waals surface area contributed by atoms with Gasteiger partial charge in [-0.3, -0.25) is 5.32 Å². The number of hydrogen-bond acceptors (Lipinski definition) is 6. The highest BCUT2D eigenvalue weighted by Gasteiger charge is 2.39. The van der Waals surface area contributed by atoms with Gasteiger partial charge in [0, 0.05) is 22.8 Å². The molecular formula is C28H35F2N3O3S2. The summed E-state index contributed by atoms with van der Waals surface area (Å²) >= 11 is 2.52. The largest absolute Gasteiger partial charge is 0.459 e. The molecule has 0 bridgehead atoms. The number of carbonyl (C=O) groups excluding carboxylic acids is 2. The summed E-state index contributed by atoms with van der Waals surface area (Å²) < 4.78 is 36.0. The molecule has 5 rings (SSSR count). The third-order valence-electron chi connectivity index (χ3n) is 7.71. The maximum Gasteiger partial charge on any atom is 0.341 e. The summed E-state index contributed by atoms with van der Waals surface area (Å²) in [4.78, 5) is 28.3. The third kappa shape index (κ3) is 5.53. The highest BCUT2D eigenvalue weighted by atomic mass is 32.1. The Balaban J connectivity index is 1.34. The molecular weight excluding hydrogens is 528 g/mol. The van der Waals surface area contributed by atoms with Crippen LogP contribution in [0, 0.1) is 0 Å². The van der Waals surface area contributed by atoms with Crippen LogP contribution in [0.15, 0.2) is 12.2 Å². The Hall–Kier alpha value is -2.30. The summed E-state index contributed by atoms with van der Waals surface area (Å²) in [6, 6.07) is -0.520. The van der Waals surface area contributed by atoms with Crippen LogP contribution < -0.4 is 16.0 Å². The van der Waals surface area contributed by atoms with Gasteiger partial charge in [0.05, 0.1) is 10.4 Å². The number of esters is 1. The maximum atomic E-state index is 15.1. The molecule has 2 aliphatic carbocycles. The number of anilines is 1. The third-order valence-corrected chi connectivity index (χ3v) is 10.3. The van der Waals surface area contributed by atoms with Gasteiger partial charge in [0.2, 0.25) is 0 Å². The molecule has 38 heavy (non-hydrogen) atoms. The van der Waals surface area contributed by atoms with E-state index in [2.05, 4.69) is 22.5 Å². The van der Waals surface area contributed by atoms with E-state index < -0.39 is 12.0 Å². The number of allylic oxidation sites excluding steroid dienone is 1. The van der Waals surface area contributed by atoms with Crippen molar-refractivity contribution < 1.29 is 23.1 Å². The monoisotopic (exact) mass is 563 g/mol. The van der Waals surface area contributed by atoms with Crippen LogP contribution in [0.4, 0.5) is 18.6 Å². The van der Waals surface area contributed by atoms with Gasteiger partial charge in [-0.25, -0.2) is 9.59 Å². The summed E-state index contributed by atoms with van der Waals surface area (Å²) in [7, 11) is 0. The molecule has 2 aromatic heterocycles. The molecule has 2 aromatic rings. The Morgan fingerprint density at radius 1 is 1.05 bits per heavy atom. The molecule has 6 nitrogen and oxygen atoms in total. The van der Waals surface area contributed by atoms with Gasteiger partial charge in [0.25, 0.3) is 0 Å². The van der Waals surface area contributed by atoms with E-state index in [1.807, 2.05) is 0 Å². The van der Waals surface area contributed by atoms with Crippen LogP contribution in [-0.2, 0) is 43.0 Å². The maximum absolute atomic E-state index is 15.1. The Morgan fingerprint density at radius 3 is 2.58 bits per heavy atom. The number of nitrogens with one attached hydrogen (secondary N) is 3. The second kappa shape index (κ2) is 11.4. The number of urea groups is 1. The van der Waals surface area contributed by atoms with Crippen LogP contribution in [0.2, 0.25) is 0 Å². The minimum atomic E-state index is -3.17. The summed E-state index contributed by atoms with van der Waals surface area (Å²) in [5.74, 6) is -3.53. The minimum Gasteiger partial charge on any atom is -0.459 e. The van der Waals surface area contributed by atoms with E-state index in [0.717, 1.165) is 83.6 Å². The first-order valence-electron chi connectivity index (χ1n) is 13.5. The van der Waals surface area contributed by atoms with Crippen LogP contribution in [0.1, 0.15) is 93.5 Å². The summed E-state index contributed by atoms with van der Waals surface area (Å²) in [5.41, 5.74) is 2.59. The van der Waals surface area contributed by atoms with Crippen LogP contribution >= 0.6 is 22.7 Å². The normalized spacial score (nSPS) is 17.9. The van der Waals surface area contributed by atoms with Crippen molar-refractivity contribution in [3.05, 3.63) is 49.0 Å². The molecule has 0 spiro atoms. The number of amides is 2. The number of hydrogen-bond donors (Lipinski definition) is 3. The molecule has 0 unspecified atom stereocenters. The van der Waals surface area contributed by atoms with E-state index in [1.54, 1.807) is 0 Å². The minimum absolute atomic E-state index is 0.0250. The van der Waals surface area contributed by atoms with E-state index in [-0.39, 0.29) is 29.1 Å². The highest BCUT2D eigenvalue weighted by molar-refractivity contribution is 7.17. The zero-order chi connectivity index (χ0) is 26.9. The molecule has 1 aliphatic heterocycles. The quantitative estimate of drug-likeness (QED) is 0.255. The Kier molecular flexibility index (Phi) is 8.21. The molecule has 0 aromatic carbocycles. The zero-order valence-electron chi connectivity index (χ0n) is 21.8. The predicted octanol–water partition coefficient (Wildman–Crippen LogP) is 6.81. The number of ether oxygens (including phenoxy) is 1. The van der Waals surface area contributed by atoms with E-state index in [0.29, 0.717) is 35.6 Å². The van der Waals surface area contributed by atoms with E-state index in [1.165, 1.54) is 24.7 Å². The molecule has 3 aliphatic rings. The van der Waals surface area contributed by atoms with Crippen molar-refractivity contribution in [3.63, 3.8) is 0 Å². The van der Waals surface area contributed by atoms with Gasteiger partial charge in [-0.15, -0.1) is 22.7 Å². The lowest BCUT2D eigenvalue weighted by atomic mass is 9.95. The van der Waals surface area contributed by atoms with Crippen molar-refractivity contribution in [1.82, 2.24) is 10.6 Å². The first-order valence-corrected chi connectivity index (χ1v) is 15.2. The summed E-state index contributed by atoms with van der Waals surface area (Å²) in [5, 5.41) is 9.37. The fraction of sp³-hybridized carbons (Fsp3) is 0.571. The average molecular weight is 564 g/mol. The van der Waals surface area contributed by atoms with Crippen LogP contribution in [0.25, 0.3) is 0 Å². The second-order valence-corrected chi connectivity index (χ2v) is 12.7. The molecule has 1 saturated carbocycles. The van der Waals surface area contributed by atoms with Crippen LogP contribution in [0.5, 0.6) is 0 Å². The summed E-state index contributed by atoms with van der Waals surface area (Å²) in [6.07, 6.45) is 9.29. The predicted molar refractivity (Wildman–Crippen MR) is 148 cm³/mol. The standard InChI is InChI=1S/C28H35F2N3O3S2/c1-16(2)28(29,30)24-20(18-12-13-31-15-22(18)37-24)14-32-27(35)33-25-23(19-10-6-7-11-21(19)38-25)26(34)36-17-8-4-3-5-9-17/h17,31H,1,3-15H2,2H3,(H2,32,33,35). The molecule has 0 atom stereocenters. The van der Waals surface area contributed by atoms with Gasteiger partial charge < -0.3 is 15.4 Å². The van der Waals surface area contributed by atoms with Gasteiger partial charge in [-0.2, -0.15) is 8.78 Å². The first-order chi connectivity index (χ1) is 18.3. The number of aryl methyl sites for hydroxylation is 1. The fourth-order valence-corrected chi connectivity index (χ4v) is 8.28. The van der Waals surface area contributed by atoms with Gasteiger partial charge in [0.1, 0.15) is 11.1 Å². The molecule has 3 heterocycles. The number of alkyl halides is 2. The van der Waals surface area contributed by atoms with Gasteiger partial charge >= 0.3 is 17.9 Å². The lowest BCUT2D eigenvalue weighted by Crippen LogP contribution is -2.31. The summed E-state index contributed by atoms with van der Waals surface area (Å²) in [6.45, 7) is 6.04. The first kappa shape index (κ1) is 27.3. The molecule has 2 amide bonds. The Morgan fingerprint density at radius 2 is 1.82 bits per heavy atom. The molecule has 0 saturated heterocycles. The van der Waals surface area contributed by atoms with Crippen molar-refractivity contribution in [2.24, 2.45) is 0 Å². The topological polar surface area (TPSA) is 79.5 Å². The van der Waals surface area contributed by atoms with Crippen molar-refractivity contribution in [2.45, 2.75) is 96.2 Å². The zero-order valence-corrected chi connectivity index (χ0v) is 23.4. The van der Waals surface area contributed by atoms with Gasteiger partial charge in [0.15, 0.2) is 0 Å². The van der Waals surface area contributed by atoms with E-state index in [9.17, 15) is 9.59 Å². The molecule has 0 radical (unpaired) electrons. The Labute approximate surface area is 230 Å². The Bertz CT molecular complexity index is 1230.